The first kappa shape index (κ1) is 25.0. The van der Waals surface area contributed by atoms with Gasteiger partial charge in [0.2, 0.25) is 11.7 Å². The SMILES string of the molecule is COc1ccc2c(c1)C(CC(=O)NCc1cccn1C)=C(C)C2=Cc1cc(OC)c(OC)c(OC)c1. The zero-order valence-electron chi connectivity index (χ0n) is 21.6. The predicted octanol–water partition coefficient (Wildman–Crippen LogP) is 5.09. The second kappa shape index (κ2) is 10.6. The molecule has 0 saturated heterocycles. The Hall–Kier alpha value is -4.13. The van der Waals surface area contributed by atoms with Gasteiger partial charge in [0.05, 0.1) is 41.4 Å². The molecule has 1 aromatic heterocycles. The van der Waals surface area contributed by atoms with Gasteiger partial charge in [0.25, 0.3) is 0 Å². The number of fused-ring (bicyclic) bond motifs is 1. The van der Waals surface area contributed by atoms with Gasteiger partial charge in [-0.15, -0.1) is 0 Å². The molecule has 0 bridgehead atoms. The molecule has 0 spiro atoms. The molecule has 1 heterocycles. The van der Waals surface area contributed by atoms with Gasteiger partial charge in [-0.2, -0.15) is 0 Å². The van der Waals surface area contributed by atoms with Crippen LogP contribution in [-0.2, 0) is 18.4 Å². The molecule has 0 saturated carbocycles. The number of aromatic nitrogens is 1. The van der Waals surface area contributed by atoms with Crippen molar-refractivity contribution in [2.45, 2.75) is 19.9 Å². The van der Waals surface area contributed by atoms with E-state index in [1.807, 2.05) is 60.3 Å². The van der Waals surface area contributed by atoms with E-state index >= 15 is 0 Å². The van der Waals surface area contributed by atoms with E-state index in [1.165, 1.54) is 0 Å². The van der Waals surface area contributed by atoms with E-state index in [4.69, 9.17) is 18.9 Å². The number of ether oxygens (including phenoxy) is 4. The minimum Gasteiger partial charge on any atom is -0.497 e. The summed E-state index contributed by atoms with van der Waals surface area (Å²) in [6.45, 7) is 2.53. The molecule has 2 aromatic carbocycles. The maximum Gasteiger partial charge on any atom is 0.224 e. The lowest BCUT2D eigenvalue weighted by Gasteiger charge is -2.13. The third-order valence-corrected chi connectivity index (χ3v) is 6.55. The average molecular weight is 489 g/mol. The van der Waals surface area contributed by atoms with Gasteiger partial charge in [-0.3, -0.25) is 4.79 Å². The quantitative estimate of drug-likeness (QED) is 0.454. The highest BCUT2D eigenvalue weighted by Crippen LogP contribution is 2.46. The molecule has 1 amide bonds. The zero-order valence-corrected chi connectivity index (χ0v) is 21.6. The molecule has 7 nitrogen and oxygen atoms in total. The van der Waals surface area contributed by atoms with Crippen LogP contribution in [0.3, 0.4) is 0 Å². The van der Waals surface area contributed by atoms with Gasteiger partial charge in [0.1, 0.15) is 5.75 Å². The zero-order chi connectivity index (χ0) is 25.8. The molecule has 1 N–H and O–H groups in total. The number of allylic oxidation sites excluding steroid dienone is 2. The third kappa shape index (κ3) is 4.82. The molecule has 0 unspecified atom stereocenters. The minimum atomic E-state index is -0.0339. The van der Waals surface area contributed by atoms with Crippen LogP contribution in [0.1, 0.15) is 35.7 Å². The number of nitrogens with zero attached hydrogens (tertiary/aromatic N) is 1. The highest BCUT2D eigenvalue weighted by molar-refractivity contribution is 6.08. The van der Waals surface area contributed by atoms with Crippen molar-refractivity contribution in [3.8, 4) is 23.0 Å². The lowest BCUT2D eigenvalue weighted by atomic mass is 10.00. The smallest absolute Gasteiger partial charge is 0.224 e. The summed E-state index contributed by atoms with van der Waals surface area (Å²) in [5, 5.41) is 3.05. The molecular formula is C29H32N2O5. The van der Waals surface area contributed by atoms with Crippen molar-refractivity contribution in [1.82, 2.24) is 9.88 Å². The molecule has 0 fully saturated rings. The van der Waals surface area contributed by atoms with Crippen molar-refractivity contribution in [2.75, 3.05) is 28.4 Å². The van der Waals surface area contributed by atoms with Gasteiger partial charge in [0, 0.05) is 18.9 Å². The second-order valence-corrected chi connectivity index (χ2v) is 8.60. The summed E-state index contributed by atoms with van der Waals surface area (Å²) in [7, 11) is 8.40. The Bertz CT molecular complexity index is 1320. The van der Waals surface area contributed by atoms with Gasteiger partial charge in [-0.05, 0) is 82.8 Å². The van der Waals surface area contributed by atoms with Crippen molar-refractivity contribution in [1.29, 1.82) is 0 Å². The van der Waals surface area contributed by atoms with Crippen LogP contribution in [0, 0.1) is 0 Å². The van der Waals surface area contributed by atoms with E-state index in [9.17, 15) is 4.79 Å². The number of benzene rings is 2. The van der Waals surface area contributed by atoms with Crippen LogP contribution in [0.4, 0.5) is 0 Å². The molecule has 0 atom stereocenters. The first-order chi connectivity index (χ1) is 17.4. The number of hydrogen-bond acceptors (Lipinski definition) is 5. The second-order valence-electron chi connectivity index (χ2n) is 8.60. The Labute approximate surface area is 211 Å². The van der Waals surface area contributed by atoms with Crippen LogP contribution in [0.25, 0.3) is 17.2 Å². The van der Waals surface area contributed by atoms with Crippen molar-refractivity contribution in [3.05, 3.63) is 76.6 Å². The third-order valence-electron chi connectivity index (χ3n) is 6.55. The molecule has 1 aliphatic carbocycles. The first-order valence-electron chi connectivity index (χ1n) is 11.7. The van der Waals surface area contributed by atoms with Crippen molar-refractivity contribution < 1.29 is 23.7 Å². The summed E-state index contributed by atoms with van der Waals surface area (Å²) in [4.78, 5) is 13.0. The molecular weight excluding hydrogens is 456 g/mol. The Morgan fingerprint density at radius 2 is 1.67 bits per heavy atom. The number of aryl methyl sites for hydroxylation is 1. The molecule has 7 heteroatoms. The molecule has 1 aliphatic rings. The average Bonchev–Trinajstić information content (AvgIpc) is 3.42. The highest BCUT2D eigenvalue weighted by atomic mass is 16.5. The summed E-state index contributed by atoms with van der Waals surface area (Å²) in [5.74, 6) is 2.42. The van der Waals surface area contributed by atoms with Crippen LogP contribution in [0.15, 0.2) is 54.2 Å². The van der Waals surface area contributed by atoms with E-state index in [-0.39, 0.29) is 12.3 Å². The molecule has 188 valence electrons. The lowest BCUT2D eigenvalue weighted by molar-refractivity contribution is -0.120. The molecule has 4 rings (SSSR count). The summed E-state index contributed by atoms with van der Waals surface area (Å²) < 4.78 is 24.0. The topological polar surface area (TPSA) is 71.0 Å². The Balaban J connectivity index is 1.71. The van der Waals surface area contributed by atoms with Crippen LogP contribution in [0.5, 0.6) is 23.0 Å². The van der Waals surface area contributed by atoms with Gasteiger partial charge >= 0.3 is 0 Å². The Morgan fingerprint density at radius 1 is 0.944 bits per heavy atom. The van der Waals surface area contributed by atoms with Crippen LogP contribution in [-0.4, -0.2) is 38.9 Å². The van der Waals surface area contributed by atoms with Crippen LogP contribution < -0.4 is 24.3 Å². The molecule has 36 heavy (non-hydrogen) atoms. The fraction of sp³-hybridized carbons (Fsp3) is 0.276. The minimum absolute atomic E-state index is 0.0339. The Kier molecular flexibility index (Phi) is 7.38. The van der Waals surface area contributed by atoms with Gasteiger partial charge < -0.3 is 28.8 Å². The number of carbonyl (C=O) groups excluding carboxylic acids is 1. The van der Waals surface area contributed by atoms with E-state index in [0.717, 1.165) is 44.9 Å². The van der Waals surface area contributed by atoms with Crippen molar-refractivity contribution >= 4 is 23.1 Å². The summed E-state index contributed by atoms with van der Waals surface area (Å²) in [6, 6.07) is 13.8. The number of nitrogens with one attached hydrogen (secondary N) is 1. The maximum atomic E-state index is 13.0. The van der Waals surface area contributed by atoms with Gasteiger partial charge in [-0.1, -0.05) is 6.07 Å². The molecule has 0 radical (unpaired) electrons. The number of hydrogen-bond donors (Lipinski definition) is 1. The maximum absolute atomic E-state index is 13.0. The number of methoxy groups -OCH3 is 4. The Morgan fingerprint density at radius 3 is 2.25 bits per heavy atom. The standard InChI is InChI=1S/C29H32N2O5/c1-18-23(12-19-13-26(34-4)29(36-6)27(14-19)35-5)22-10-9-21(33-3)15-25(22)24(18)16-28(32)30-17-20-8-7-11-31(20)2/h7-15H,16-17H2,1-6H3,(H,30,32). The van der Waals surface area contributed by atoms with E-state index in [1.54, 1.807) is 28.4 Å². The molecule has 0 aliphatic heterocycles. The highest BCUT2D eigenvalue weighted by Gasteiger charge is 2.26. The summed E-state index contributed by atoms with van der Waals surface area (Å²) in [6.07, 6.45) is 4.32. The summed E-state index contributed by atoms with van der Waals surface area (Å²) in [5.41, 5.74) is 7.05. The first-order valence-corrected chi connectivity index (χ1v) is 11.7. The number of amides is 1. The lowest BCUT2D eigenvalue weighted by Crippen LogP contribution is -2.23. The normalized spacial score (nSPS) is 13.6. The monoisotopic (exact) mass is 488 g/mol. The van der Waals surface area contributed by atoms with Crippen LogP contribution >= 0.6 is 0 Å². The van der Waals surface area contributed by atoms with Gasteiger partial charge in [0.15, 0.2) is 11.5 Å². The molecule has 3 aromatic rings. The van der Waals surface area contributed by atoms with Crippen LogP contribution in [0.2, 0.25) is 0 Å². The van der Waals surface area contributed by atoms with E-state index < -0.39 is 0 Å². The fourth-order valence-electron chi connectivity index (χ4n) is 4.56. The number of carbonyl (C=O) groups is 1. The van der Waals surface area contributed by atoms with Crippen molar-refractivity contribution in [2.24, 2.45) is 7.05 Å². The summed E-state index contributed by atoms with van der Waals surface area (Å²) >= 11 is 0. The largest absolute Gasteiger partial charge is 0.497 e. The number of rotatable bonds is 9. The van der Waals surface area contributed by atoms with E-state index in [0.29, 0.717) is 23.8 Å². The van der Waals surface area contributed by atoms with Crippen molar-refractivity contribution in [3.63, 3.8) is 0 Å². The fourth-order valence-corrected chi connectivity index (χ4v) is 4.56. The van der Waals surface area contributed by atoms with Gasteiger partial charge in [-0.25, -0.2) is 0 Å². The van der Waals surface area contributed by atoms with E-state index in [2.05, 4.69) is 18.3 Å². The predicted molar refractivity (Wildman–Crippen MR) is 141 cm³/mol.